The highest BCUT2D eigenvalue weighted by atomic mass is 16.6. The van der Waals surface area contributed by atoms with E-state index in [1.807, 2.05) is 0 Å². The van der Waals surface area contributed by atoms with Crippen molar-refractivity contribution in [2.24, 2.45) is 11.0 Å². The molecule has 0 bridgehead atoms. The van der Waals surface area contributed by atoms with E-state index in [9.17, 15) is 9.70 Å². The van der Waals surface area contributed by atoms with Gasteiger partial charge in [-0.15, -0.1) is 10.1 Å². The molecule has 0 aliphatic heterocycles. The summed E-state index contributed by atoms with van der Waals surface area (Å²) in [6.45, 7) is 0.0258. The summed E-state index contributed by atoms with van der Waals surface area (Å²) in [6, 6.07) is 0. The van der Waals surface area contributed by atoms with E-state index in [1.165, 1.54) is 6.08 Å². The molecule has 6 heteroatoms. The van der Waals surface area contributed by atoms with Gasteiger partial charge in [-0.1, -0.05) is 6.08 Å². The maximum Gasteiger partial charge on any atom is 0.165 e. The van der Waals surface area contributed by atoms with Crippen LogP contribution in [0.2, 0.25) is 0 Å². The Labute approximate surface area is 63.2 Å². The van der Waals surface area contributed by atoms with Gasteiger partial charge in [-0.25, -0.2) is 0 Å². The Bertz CT molecular complexity index is 168. The fourth-order valence-electron chi connectivity index (χ4n) is 0.436. The summed E-state index contributed by atoms with van der Waals surface area (Å²) in [5, 5.41) is 10.9. The van der Waals surface area contributed by atoms with Crippen LogP contribution >= 0.6 is 0 Å². The standard InChI is InChI=1S/C5H9N3O3/c6-5(4-9)2-1-3-8(11)7-10/h2,4,11H,1,3,6H2/b5-2+. The van der Waals surface area contributed by atoms with Crippen molar-refractivity contribution < 1.29 is 10.0 Å². The molecule has 0 saturated carbocycles. The van der Waals surface area contributed by atoms with Crippen LogP contribution in [0.1, 0.15) is 6.42 Å². The second-order valence-electron chi connectivity index (χ2n) is 1.79. The molecule has 0 rings (SSSR count). The summed E-state index contributed by atoms with van der Waals surface area (Å²) in [6.07, 6.45) is 2.17. The van der Waals surface area contributed by atoms with Crippen LogP contribution < -0.4 is 5.73 Å². The molecule has 0 aromatic rings. The van der Waals surface area contributed by atoms with Gasteiger partial charge >= 0.3 is 0 Å². The fourth-order valence-corrected chi connectivity index (χ4v) is 0.436. The lowest BCUT2D eigenvalue weighted by Gasteiger charge is -2.01. The topological polar surface area (TPSA) is 96.0 Å². The Kier molecular flexibility index (Phi) is 4.67. The third-order valence-electron chi connectivity index (χ3n) is 0.939. The Morgan fingerprint density at radius 1 is 1.73 bits per heavy atom. The molecule has 3 N–H and O–H groups in total. The van der Waals surface area contributed by atoms with E-state index in [4.69, 9.17) is 10.9 Å². The molecule has 0 unspecified atom stereocenters. The van der Waals surface area contributed by atoms with Crippen molar-refractivity contribution in [2.45, 2.75) is 6.42 Å². The van der Waals surface area contributed by atoms with Crippen LogP contribution in [0.15, 0.2) is 17.1 Å². The van der Waals surface area contributed by atoms with Crippen LogP contribution in [-0.4, -0.2) is 23.2 Å². The van der Waals surface area contributed by atoms with Crippen molar-refractivity contribution in [3.05, 3.63) is 16.7 Å². The molecular formula is C5H9N3O3. The number of nitroso groups, excluding NO2 is 1. The van der Waals surface area contributed by atoms with E-state index in [1.54, 1.807) is 0 Å². The zero-order valence-electron chi connectivity index (χ0n) is 5.80. The highest BCUT2D eigenvalue weighted by Crippen LogP contribution is 1.89. The van der Waals surface area contributed by atoms with E-state index in [-0.39, 0.29) is 17.4 Å². The SMILES string of the molecule is N/C(C=O)=C/CCN(O)N=O. The number of nitrogens with zero attached hydrogens (tertiary/aromatic N) is 2. The van der Waals surface area contributed by atoms with Crippen molar-refractivity contribution in [3.8, 4) is 0 Å². The van der Waals surface area contributed by atoms with Gasteiger partial charge in [-0.05, 0) is 6.42 Å². The van der Waals surface area contributed by atoms with Gasteiger partial charge in [-0.3, -0.25) is 10.0 Å². The second kappa shape index (κ2) is 5.36. The van der Waals surface area contributed by atoms with Gasteiger partial charge in [0.15, 0.2) is 6.29 Å². The minimum absolute atomic E-state index is 0.0258. The van der Waals surface area contributed by atoms with Crippen LogP contribution in [0.4, 0.5) is 0 Å². The summed E-state index contributed by atoms with van der Waals surface area (Å²) in [5.74, 6) is 0. The van der Waals surface area contributed by atoms with Gasteiger partial charge in [0, 0.05) is 0 Å². The highest BCUT2D eigenvalue weighted by Gasteiger charge is 1.93. The molecule has 0 saturated heterocycles. The lowest BCUT2D eigenvalue weighted by molar-refractivity contribution is -0.105. The Hall–Kier alpha value is -1.43. The minimum Gasteiger partial charge on any atom is -0.396 e. The lowest BCUT2D eigenvalue weighted by Crippen LogP contribution is -2.12. The maximum atomic E-state index is 9.90. The number of hydrogen-bond acceptors (Lipinski definition) is 5. The van der Waals surface area contributed by atoms with E-state index in [0.29, 0.717) is 12.7 Å². The molecule has 0 fully saturated rings. The van der Waals surface area contributed by atoms with Crippen molar-refractivity contribution in [3.63, 3.8) is 0 Å². The van der Waals surface area contributed by atoms with Crippen molar-refractivity contribution in [1.82, 2.24) is 5.17 Å². The summed E-state index contributed by atoms with van der Waals surface area (Å²) >= 11 is 0. The highest BCUT2D eigenvalue weighted by molar-refractivity contribution is 5.71. The Morgan fingerprint density at radius 2 is 2.36 bits per heavy atom. The number of rotatable bonds is 5. The molecule has 0 atom stereocenters. The molecule has 0 aromatic carbocycles. The molecular weight excluding hydrogens is 150 g/mol. The summed E-state index contributed by atoms with van der Waals surface area (Å²) in [7, 11) is 0. The average molecular weight is 159 g/mol. The fraction of sp³-hybridized carbons (Fsp3) is 0.400. The summed E-state index contributed by atoms with van der Waals surface area (Å²) in [4.78, 5) is 19.5. The first-order chi connectivity index (χ1) is 5.20. The third-order valence-corrected chi connectivity index (χ3v) is 0.939. The predicted molar refractivity (Wildman–Crippen MR) is 37.2 cm³/mol. The second-order valence-corrected chi connectivity index (χ2v) is 1.79. The van der Waals surface area contributed by atoms with Crippen molar-refractivity contribution >= 4 is 6.29 Å². The normalized spacial score (nSPS) is 10.8. The molecule has 0 aromatic heterocycles. The number of hydroxylamine groups is 1. The average Bonchev–Trinajstić information content (AvgIpc) is 2.04. The van der Waals surface area contributed by atoms with Crippen LogP contribution in [-0.2, 0) is 4.79 Å². The predicted octanol–water partition coefficient (Wildman–Crippen LogP) is -0.209. The first kappa shape index (κ1) is 9.57. The number of allylic oxidation sites excluding steroid dienone is 1. The molecule has 0 radical (unpaired) electrons. The smallest absolute Gasteiger partial charge is 0.165 e. The summed E-state index contributed by atoms with van der Waals surface area (Å²) in [5.41, 5.74) is 5.16. The molecule has 0 aliphatic carbocycles. The van der Waals surface area contributed by atoms with E-state index in [0.717, 1.165) is 0 Å². The Morgan fingerprint density at radius 3 is 2.82 bits per heavy atom. The van der Waals surface area contributed by atoms with E-state index in [2.05, 4.69) is 5.29 Å². The van der Waals surface area contributed by atoms with Gasteiger partial charge in [0.1, 0.15) is 0 Å². The van der Waals surface area contributed by atoms with Crippen LogP contribution in [0, 0.1) is 4.91 Å². The zero-order chi connectivity index (χ0) is 8.69. The first-order valence-electron chi connectivity index (χ1n) is 2.91. The molecule has 0 amide bonds. The van der Waals surface area contributed by atoms with Gasteiger partial charge in [0.05, 0.1) is 17.5 Å². The van der Waals surface area contributed by atoms with Crippen molar-refractivity contribution in [2.75, 3.05) is 6.54 Å². The molecule has 0 aliphatic rings. The first-order valence-corrected chi connectivity index (χ1v) is 2.91. The maximum absolute atomic E-state index is 9.90. The van der Waals surface area contributed by atoms with Gasteiger partial charge < -0.3 is 5.73 Å². The van der Waals surface area contributed by atoms with Crippen LogP contribution in [0.25, 0.3) is 0 Å². The van der Waals surface area contributed by atoms with E-state index < -0.39 is 0 Å². The van der Waals surface area contributed by atoms with Crippen LogP contribution in [0.3, 0.4) is 0 Å². The van der Waals surface area contributed by atoms with Crippen LogP contribution in [0.5, 0.6) is 0 Å². The van der Waals surface area contributed by atoms with Gasteiger partial charge in [0.2, 0.25) is 0 Å². The number of carbonyl (C=O) groups is 1. The van der Waals surface area contributed by atoms with Gasteiger partial charge in [0.25, 0.3) is 0 Å². The van der Waals surface area contributed by atoms with E-state index >= 15 is 0 Å². The number of carbonyl (C=O) groups excluding carboxylic acids is 1. The van der Waals surface area contributed by atoms with Gasteiger partial charge in [-0.2, -0.15) is 0 Å². The monoisotopic (exact) mass is 159 g/mol. The molecule has 0 heterocycles. The Balaban J connectivity index is 3.55. The molecule has 0 spiro atoms. The quantitative estimate of drug-likeness (QED) is 0.250. The number of aldehydes is 1. The number of nitrogens with two attached hydrogens (primary N) is 1. The third kappa shape index (κ3) is 5.04. The van der Waals surface area contributed by atoms with Crippen molar-refractivity contribution in [1.29, 1.82) is 0 Å². The molecule has 11 heavy (non-hydrogen) atoms. The largest absolute Gasteiger partial charge is 0.396 e. The molecule has 62 valence electrons. The molecule has 6 nitrogen and oxygen atoms in total. The summed E-state index contributed by atoms with van der Waals surface area (Å²) < 4.78 is 0. The number of hydrogen-bond donors (Lipinski definition) is 2. The lowest BCUT2D eigenvalue weighted by atomic mass is 10.3. The zero-order valence-corrected chi connectivity index (χ0v) is 5.80. The minimum atomic E-state index is 0.0258.